The van der Waals surface area contributed by atoms with Gasteiger partial charge in [-0.1, -0.05) is 17.7 Å². The van der Waals surface area contributed by atoms with Crippen LogP contribution in [0.2, 0.25) is 5.02 Å². The second-order valence-corrected chi connectivity index (χ2v) is 5.32. The van der Waals surface area contributed by atoms with Gasteiger partial charge < -0.3 is 10.4 Å². The van der Waals surface area contributed by atoms with Gasteiger partial charge in [0.15, 0.2) is 0 Å². The van der Waals surface area contributed by atoms with Crippen LogP contribution in [0.25, 0.3) is 0 Å². The summed E-state index contributed by atoms with van der Waals surface area (Å²) in [6, 6.07) is 5.57. The lowest BCUT2D eigenvalue weighted by molar-refractivity contribution is -0.117. The maximum Gasteiger partial charge on any atom is 0.238 e. The molecule has 0 bridgehead atoms. The normalized spacial score (nSPS) is 19.6. The van der Waals surface area contributed by atoms with Crippen LogP contribution in [0.1, 0.15) is 18.4 Å². The van der Waals surface area contributed by atoms with Gasteiger partial charge in [-0.15, -0.1) is 0 Å². The minimum atomic E-state index is -0.0642. The summed E-state index contributed by atoms with van der Waals surface area (Å²) in [5.74, 6) is -0.0642. The average molecular weight is 283 g/mol. The third-order valence-corrected chi connectivity index (χ3v) is 4.01. The van der Waals surface area contributed by atoms with Gasteiger partial charge in [-0.25, -0.2) is 0 Å². The molecule has 0 aromatic heterocycles. The first-order chi connectivity index (χ1) is 9.11. The molecule has 1 atom stereocenters. The molecular formula is C14H19ClN2O2. The lowest BCUT2D eigenvalue weighted by Crippen LogP contribution is -2.38. The van der Waals surface area contributed by atoms with Crippen LogP contribution in [0.4, 0.5) is 5.69 Å². The fourth-order valence-corrected chi connectivity index (χ4v) is 2.60. The Morgan fingerprint density at radius 1 is 1.58 bits per heavy atom. The van der Waals surface area contributed by atoms with E-state index in [-0.39, 0.29) is 18.6 Å². The average Bonchev–Trinajstić information content (AvgIpc) is 2.82. The summed E-state index contributed by atoms with van der Waals surface area (Å²) in [4.78, 5) is 14.0. The molecule has 1 heterocycles. The fraction of sp³-hybridized carbons (Fsp3) is 0.500. The molecule has 1 amide bonds. The Balaban J connectivity index is 1.96. The van der Waals surface area contributed by atoms with Crippen LogP contribution >= 0.6 is 11.6 Å². The predicted molar refractivity (Wildman–Crippen MR) is 76.5 cm³/mol. The zero-order valence-electron chi connectivity index (χ0n) is 11.0. The van der Waals surface area contributed by atoms with Gasteiger partial charge in [0.1, 0.15) is 0 Å². The van der Waals surface area contributed by atoms with Crippen molar-refractivity contribution in [3.05, 3.63) is 28.8 Å². The highest BCUT2D eigenvalue weighted by Gasteiger charge is 2.25. The van der Waals surface area contributed by atoms with Crippen molar-refractivity contribution in [2.45, 2.75) is 25.8 Å². The Bertz CT molecular complexity index is 465. The van der Waals surface area contributed by atoms with E-state index in [2.05, 4.69) is 5.32 Å². The summed E-state index contributed by atoms with van der Waals surface area (Å²) < 4.78 is 0. The van der Waals surface area contributed by atoms with Crippen LogP contribution in [-0.2, 0) is 4.79 Å². The molecule has 2 rings (SSSR count). The largest absolute Gasteiger partial charge is 0.395 e. The maximum atomic E-state index is 12.0. The molecule has 0 unspecified atom stereocenters. The molecule has 19 heavy (non-hydrogen) atoms. The van der Waals surface area contributed by atoms with E-state index in [0.29, 0.717) is 11.6 Å². The smallest absolute Gasteiger partial charge is 0.238 e. The van der Waals surface area contributed by atoms with E-state index < -0.39 is 0 Å². The molecule has 5 heteroatoms. The quantitative estimate of drug-likeness (QED) is 0.889. The van der Waals surface area contributed by atoms with E-state index >= 15 is 0 Å². The molecule has 1 aromatic carbocycles. The van der Waals surface area contributed by atoms with Crippen molar-refractivity contribution in [3.8, 4) is 0 Å². The van der Waals surface area contributed by atoms with Gasteiger partial charge in [0.05, 0.1) is 13.2 Å². The molecule has 4 nitrogen and oxygen atoms in total. The number of anilines is 1. The van der Waals surface area contributed by atoms with Gasteiger partial charge in [0, 0.05) is 16.8 Å². The Morgan fingerprint density at radius 2 is 2.37 bits per heavy atom. The Labute approximate surface area is 118 Å². The van der Waals surface area contributed by atoms with Gasteiger partial charge in [-0.2, -0.15) is 0 Å². The number of hydrogen-bond acceptors (Lipinski definition) is 3. The highest BCUT2D eigenvalue weighted by Crippen LogP contribution is 2.23. The highest BCUT2D eigenvalue weighted by molar-refractivity contribution is 6.31. The molecule has 1 saturated heterocycles. The van der Waals surface area contributed by atoms with E-state index in [1.54, 1.807) is 6.07 Å². The van der Waals surface area contributed by atoms with E-state index in [1.807, 2.05) is 24.0 Å². The van der Waals surface area contributed by atoms with E-state index in [4.69, 9.17) is 11.6 Å². The van der Waals surface area contributed by atoms with Crippen molar-refractivity contribution in [3.63, 3.8) is 0 Å². The number of benzene rings is 1. The summed E-state index contributed by atoms with van der Waals surface area (Å²) >= 11 is 6.02. The van der Waals surface area contributed by atoms with Crippen LogP contribution in [0.15, 0.2) is 18.2 Å². The number of likely N-dealkylation sites (tertiary alicyclic amines) is 1. The molecular weight excluding hydrogens is 264 g/mol. The minimum absolute atomic E-state index is 0.0642. The lowest BCUT2D eigenvalue weighted by Gasteiger charge is -2.22. The van der Waals surface area contributed by atoms with Crippen LogP contribution in [0.3, 0.4) is 0 Å². The zero-order chi connectivity index (χ0) is 13.8. The number of hydrogen-bond donors (Lipinski definition) is 2. The number of halogens is 1. The third-order valence-electron chi connectivity index (χ3n) is 3.60. The van der Waals surface area contributed by atoms with Gasteiger partial charge in [0.2, 0.25) is 5.91 Å². The topological polar surface area (TPSA) is 52.6 Å². The summed E-state index contributed by atoms with van der Waals surface area (Å²) in [6.07, 6.45) is 1.99. The molecule has 0 spiro atoms. The number of aliphatic hydroxyl groups is 1. The Kier molecular flexibility index (Phi) is 4.80. The maximum absolute atomic E-state index is 12.0. The van der Waals surface area contributed by atoms with Crippen LogP contribution in [0, 0.1) is 6.92 Å². The van der Waals surface area contributed by atoms with Crippen molar-refractivity contribution < 1.29 is 9.90 Å². The molecule has 1 aromatic rings. The van der Waals surface area contributed by atoms with Gasteiger partial charge >= 0.3 is 0 Å². The van der Waals surface area contributed by atoms with Crippen LogP contribution in [0.5, 0.6) is 0 Å². The van der Waals surface area contributed by atoms with Crippen molar-refractivity contribution >= 4 is 23.2 Å². The van der Waals surface area contributed by atoms with Crippen LogP contribution in [-0.4, -0.2) is 41.7 Å². The summed E-state index contributed by atoms with van der Waals surface area (Å²) in [6.45, 7) is 3.18. The van der Waals surface area contributed by atoms with Gasteiger partial charge in [0.25, 0.3) is 0 Å². The summed E-state index contributed by atoms with van der Waals surface area (Å²) in [5.41, 5.74) is 1.62. The van der Waals surface area contributed by atoms with Crippen molar-refractivity contribution in [2.24, 2.45) is 0 Å². The zero-order valence-corrected chi connectivity index (χ0v) is 11.8. The molecule has 0 aliphatic carbocycles. The fourth-order valence-electron chi connectivity index (χ4n) is 2.43. The number of nitrogens with zero attached hydrogens (tertiary/aromatic N) is 1. The van der Waals surface area contributed by atoms with Crippen molar-refractivity contribution in [2.75, 3.05) is 25.0 Å². The summed E-state index contributed by atoms with van der Waals surface area (Å²) in [7, 11) is 0. The number of nitrogens with one attached hydrogen (secondary N) is 1. The first-order valence-corrected chi connectivity index (χ1v) is 6.89. The first kappa shape index (κ1) is 14.3. The monoisotopic (exact) mass is 282 g/mol. The lowest BCUT2D eigenvalue weighted by atomic mass is 10.2. The molecule has 2 N–H and O–H groups in total. The number of rotatable bonds is 4. The molecule has 1 aliphatic rings. The third kappa shape index (κ3) is 3.47. The number of aliphatic hydroxyl groups excluding tert-OH is 1. The Hall–Kier alpha value is -1.10. The molecule has 0 radical (unpaired) electrons. The highest BCUT2D eigenvalue weighted by atomic mass is 35.5. The van der Waals surface area contributed by atoms with Crippen molar-refractivity contribution in [1.82, 2.24) is 4.90 Å². The van der Waals surface area contributed by atoms with Gasteiger partial charge in [-0.05, 0) is 44.0 Å². The first-order valence-electron chi connectivity index (χ1n) is 6.51. The molecule has 104 valence electrons. The van der Waals surface area contributed by atoms with Gasteiger partial charge in [-0.3, -0.25) is 9.69 Å². The second-order valence-electron chi connectivity index (χ2n) is 4.91. The molecule has 0 saturated carbocycles. The number of amides is 1. The number of carbonyl (C=O) groups excluding carboxylic acids is 1. The van der Waals surface area contributed by atoms with Crippen molar-refractivity contribution in [1.29, 1.82) is 0 Å². The summed E-state index contributed by atoms with van der Waals surface area (Å²) in [5, 5.41) is 12.8. The van der Waals surface area contributed by atoms with Crippen LogP contribution < -0.4 is 5.32 Å². The Morgan fingerprint density at radius 3 is 3.11 bits per heavy atom. The molecule has 1 aliphatic heterocycles. The predicted octanol–water partition coefficient (Wildman–Crippen LogP) is 2.04. The van der Waals surface area contributed by atoms with E-state index in [9.17, 15) is 9.90 Å². The SMILES string of the molecule is Cc1c(Cl)cccc1NC(=O)CN1CCC[C@H]1CO. The van der Waals surface area contributed by atoms with E-state index in [0.717, 1.165) is 30.6 Å². The minimum Gasteiger partial charge on any atom is -0.395 e. The second kappa shape index (κ2) is 6.37. The van der Waals surface area contributed by atoms with E-state index in [1.165, 1.54) is 0 Å². The number of carbonyl (C=O) groups is 1. The standard InChI is InChI=1S/C14H19ClN2O2/c1-10-12(15)5-2-6-13(10)16-14(19)8-17-7-3-4-11(17)9-18/h2,5-6,11,18H,3-4,7-9H2,1H3,(H,16,19)/t11-/m0/s1. The molecule has 1 fully saturated rings.